The average Bonchev–Trinajstić information content (AvgIpc) is 2.37. The van der Waals surface area contributed by atoms with Crippen molar-refractivity contribution in [2.75, 3.05) is 20.8 Å². The highest BCUT2D eigenvalue weighted by Crippen LogP contribution is 2.23. The van der Waals surface area contributed by atoms with Gasteiger partial charge in [0.05, 0.1) is 12.7 Å². The summed E-state index contributed by atoms with van der Waals surface area (Å²) in [6, 6.07) is 7.05. The second kappa shape index (κ2) is 5.09. The Bertz CT molecular complexity index is 355. The zero-order valence-electron chi connectivity index (χ0n) is 9.82. The molecule has 1 atom stereocenters. The van der Waals surface area contributed by atoms with Gasteiger partial charge in [0.1, 0.15) is 5.60 Å². The fraction of sp³-hybridized carbons (Fsp3) is 0.417. The van der Waals surface area contributed by atoms with E-state index in [1.165, 1.54) is 7.11 Å². The minimum atomic E-state index is -0.519. The third-order valence-corrected chi connectivity index (χ3v) is 2.76. The molecule has 0 aliphatic rings. The van der Waals surface area contributed by atoms with Gasteiger partial charge in [-0.1, -0.05) is 12.1 Å². The molecule has 0 spiro atoms. The van der Waals surface area contributed by atoms with E-state index in [4.69, 9.17) is 10.5 Å². The zero-order valence-corrected chi connectivity index (χ0v) is 9.82. The summed E-state index contributed by atoms with van der Waals surface area (Å²) in [6.07, 6.45) is 0. The molecule has 2 N–H and O–H groups in total. The van der Waals surface area contributed by atoms with Gasteiger partial charge in [-0.2, -0.15) is 0 Å². The Morgan fingerprint density at radius 1 is 1.31 bits per heavy atom. The third kappa shape index (κ3) is 2.40. The topological polar surface area (TPSA) is 61.5 Å². The fourth-order valence-electron chi connectivity index (χ4n) is 1.40. The van der Waals surface area contributed by atoms with E-state index in [0.717, 1.165) is 5.56 Å². The SMILES string of the molecule is COC(=O)c1ccc(C(C)(CN)OC)cc1. The minimum Gasteiger partial charge on any atom is -0.465 e. The first-order chi connectivity index (χ1) is 7.57. The van der Waals surface area contributed by atoms with Crippen molar-refractivity contribution in [1.82, 2.24) is 0 Å². The number of methoxy groups -OCH3 is 2. The minimum absolute atomic E-state index is 0.349. The normalized spacial score (nSPS) is 14.2. The number of nitrogens with two attached hydrogens (primary N) is 1. The van der Waals surface area contributed by atoms with Crippen molar-refractivity contribution in [3.63, 3.8) is 0 Å². The Balaban J connectivity index is 2.98. The van der Waals surface area contributed by atoms with Gasteiger partial charge in [-0.25, -0.2) is 4.79 Å². The van der Waals surface area contributed by atoms with Crippen LogP contribution in [0.3, 0.4) is 0 Å². The highest BCUT2D eigenvalue weighted by molar-refractivity contribution is 5.89. The highest BCUT2D eigenvalue weighted by atomic mass is 16.5. The van der Waals surface area contributed by atoms with Gasteiger partial charge in [0, 0.05) is 13.7 Å². The molecular weight excluding hydrogens is 206 g/mol. The van der Waals surface area contributed by atoms with Gasteiger partial charge in [-0.05, 0) is 24.6 Å². The molecule has 1 aromatic carbocycles. The second-order valence-electron chi connectivity index (χ2n) is 3.71. The molecule has 0 radical (unpaired) electrons. The van der Waals surface area contributed by atoms with Crippen LogP contribution in [0.4, 0.5) is 0 Å². The van der Waals surface area contributed by atoms with E-state index < -0.39 is 5.60 Å². The van der Waals surface area contributed by atoms with Crippen LogP contribution in [0.5, 0.6) is 0 Å². The zero-order chi connectivity index (χ0) is 12.2. The van der Waals surface area contributed by atoms with E-state index in [1.54, 1.807) is 19.2 Å². The summed E-state index contributed by atoms with van der Waals surface area (Å²) < 4.78 is 9.98. The number of hydrogen-bond acceptors (Lipinski definition) is 4. The lowest BCUT2D eigenvalue weighted by Crippen LogP contribution is -2.33. The first-order valence-corrected chi connectivity index (χ1v) is 5.01. The van der Waals surface area contributed by atoms with Crippen LogP contribution in [-0.2, 0) is 15.1 Å². The molecule has 0 saturated heterocycles. The van der Waals surface area contributed by atoms with Crippen LogP contribution in [0.1, 0.15) is 22.8 Å². The number of hydrogen-bond donors (Lipinski definition) is 1. The maximum atomic E-state index is 11.2. The van der Waals surface area contributed by atoms with Gasteiger partial charge in [-0.15, -0.1) is 0 Å². The maximum absolute atomic E-state index is 11.2. The molecule has 4 heteroatoms. The summed E-state index contributed by atoms with van der Waals surface area (Å²) in [5.74, 6) is -0.349. The smallest absolute Gasteiger partial charge is 0.337 e. The van der Waals surface area contributed by atoms with Crippen molar-refractivity contribution in [3.8, 4) is 0 Å². The van der Waals surface area contributed by atoms with Gasteiger partial charge in [-0.3, -0.25) is 0 Å². The van der Waals surface area contributed by atoms with Gasteiger partial charge in [0.15, 0.2) is 0 Å². The molecule has 0 bridgehead atoms. The third-order valence-electron chi connectivity index (χ3n) is 2.76. The van der Waals surface area contributed by atoms with Crippen LogP contribution in [0.25, 0.3) is 0 Å². The van der Waals surface area contributed by atoms with E-state index in [2.05, 4.69) is 4.74 Å². The quantitative estimate of drug-likeness (QED) is 0.781. The lowest BCUT2D eigenvalue weighted by molar-refractivity contribution is 0.0100. The number of esters is 1. The number of carbonyl (C=O) groups excluding carboxylic acids is 1. The lowest BCUT2D eigenvalue weighted by atomic mass is 9.95. The Morgan fingerprint density at radius 2 is 1.88 bits per heavy atom. The van der Waals surface area contributed by atoms with Crippen molar-refractivity contribution in [2.24, 2.45) is 5.73 Å². The van der Waals surface area contributed by atoms with E-state index in [9.17, 15) is 4.79 Å². The molecule has 88 valence electrons. The van der Waals surface area contributed by atoms with E-state index in [1.807, 2.05) is 19.1 Å². The van der Waals surface area contributed by atoms with Crippen LogP contribution in [0.2, 0.25) is 0 Å². The summed E-state index contributed by atoms with van der Waals surface area (Å²) in [4.78, 5) is 11.2. The first kappa shape index (κ1) is 12.7. The highest BCUT2D eigenvalue weighted by Gasteiger charge is 2.24. The van der Waals surface area contributed by atoms with Gasteiger partial charge < -0.3 is 15.2 Å². The Kier molecular flexibility index (Phi) is 4.04. The Morgan fingerprint density at radius 3 is 2.25 bits per heavy atom. The van der Waals surface area contributed by atoms with Crippen LogP contribution >= 0.6 is 0 Å². The predicted octanol–water partition coefficient (Wildman–Crippen LogP) is 1.29. The van der Waals surface area contributed by atoms with Crippen molar-refractivity contribution < 1.29 is 14.3 Å². The summed E-state index contributed by atoms with van der Waals surface area (Å²) in [5, 5.41) is 0. The first-order valence-electron chi connectivity index (χ1n) is 5.01. The maximum Gasteiger partial charge on any atom is 0.337 e. The monoisotopic (exact) mass is 223 g/mol. The largest absolute Gasteiger partial charge is 0.465 e. The summed E-state index contributed by atoms with van der Waals surface area (Å²) in [6.45, 7) is 2.28. The number of rotatable bonds is 4. The molecule has 1 aromatic rings. The lowest BCUT2D eigenvalue weighted by Gasteiger charge is -2.26. The number of carbonyl (C=O) groups is 1. The molecule has 0 aliphatic carbocycles. The van der Waals surface area contributed by atoms with Crippen LogP contribution in [0.15, 0.2) is 24.3 Å². The van der Waals surface area contributed by atoms with Gasteiger partial charge >= 0.3 is 5.97 Å². The number of benzene rings is 1. The van der Waals surface area contributed by atoms with E-state index in [-0.39, 0.29) is 5.97 Å². The molecule has 0 amide bonds. The molecule has 0 saturated carbocycles. The Hall–Kier alpha value is -1.39. The molecule has 4 nitrogen and oxygen atoms in total. The predicted molar refractivity (Wildman–Crippen MR) is 61.2 cm³/mol. The average molecular weight is 223 g/mol. The molecule has 0 heterocycles. The molecule has 0 aliphatic heterocycles. The van der Waals surface area contributed by atoms with Crippen molar-refractivity contribution in [3.05, 3.63) is 35.4 Å². The molecule has 0 fully saturated rings. The van der Waals surface area contributed by atoms with Gasteiger partial charge in [0.2, 0.25) is 0 Å². The van der Waals surface area contributed by atoms with Crippen LogP contribution in [-0.4, -0.2) is 26.7 Å². The Labute approximate surface area is 95.3 Å². The van der Waals surface area contributed by atoms with Crippen LogP contribution < -0.4 is 5.73 Å². The molecule has 1 rings (SSSR count). The van der Waals surface area contributed by atoms with Crippen LogP contribution in [0, 0.1) is 0 Å². The summed E-state index contributed by atoms with van der Waals surface area (Å²) in [5.41, 5.74) is 6.59. The standard InChI is InChI=1S/C12H17NO3/c1-12(8-13,16-3)10-6-4-9(5-7-10)11(14)15-2/h4-7H,8,13H2,1-3H3. The van der Waals surface area contributed by atoms with E-state index >= 15 is 0 Å². The van der Waals surface area contributed by atoms with Crippen molar-refractivity contribution in [1.29, 1.82) is 0 Å². The molecular formula is C12H17NO3. The second-order valence-corrected chi connectivity index (χ2v) is 3.71. The molecule has 1 unspecified atom stereocenters. The molecule has 16 heavy (non-hydrogen) atoms. The van der Waals surface area contributed by atoms with Crippen molar-refractivity contribution >= 4 is 5.97 Å². The fourth-order valence-corrected chi connectivity index (χ4v) is 1.40. The number of ether oxygens (including phenoxy) is 2. The molecule has 0 aromatic heterocycles. The van der Waals surface area contributed by atoms with Crippen molar-refractivity contribution in [2.45, 2.75) is 12.5 Å². The summed E-state index contributed by atoms with van der Waals surface area (Å²) in [7, 11) is 2.97. The van der Waals surface area contributed by atoms with E-state index in [0.29, 0.717) is 12.1 Å². The summed E-state index contributed by atoms with van der Waals surface area (Å²) >= 11 is 0. The van der Waals surface area contributed by atoms with Gasteiger partial charge in [0.25, 0.3) is 0 Å².